The Morgan fingerprint density at radius 3 is 2.67 bits per heavy atom. The second-order valence-corrected chi connectivity index (χ2v) is 4.83. The minimum absolute atomic E-state index is 0.214. The molecule has 0 aliphatic rings. The van der Waals surface area contributed by atoms with E-state index in [4.69, 9.17) is 0 Å². The number of aromatic amines is 1. The Labute approximate surface area is 122 Å². The van der Waals surface area contributed by atoms with Crippen molar-refractivity contribution in [1.29, 1.82) is 0 Å². The van der Waals surface area contributed by atoms with Gasteiger partial charge in [0.1, 0.15) is 5.82 Å². The average molecular weight is 284 g/mol. The molecule has 0 bridgehead atoms. The molecule has 0 atom stereocenters. The summed E-state index contributed by atoms with van der Waals surface area (Å²) in [5.74, 6) is 0.566. The van der Waals surface area contributed by atoms with Crippen LogP contribution in [0.2, 0.25) is 0 Å². The second kappa shape index (κ2) is 5.83. The monoisotopic (exact) mass is 284 g/mol. The Bertz CT molecular complexity index is 734. The Hall–Kier alpha value is -2.56. The molecule has 1 heterocycles. The van der Waals surface area contributed by atoms with E-state index in [2.05, 4.69) is 20.6 Å². The molecule has 3 aromatic rings. The molecule has 0 amide bonds. The fourth-order valence-corrected chi connectivity index (χ4v) is 2.18. The Kier molecular flexibility index (Phi) is 3.73. The molecule has 0 saturated heterocycles. The van der Waals surface area contributed by atoms with Crippen molar-refractivity contribution < 1.29 is 4.39 Å². The SMILES string of the molecule is CCNc1nc2ccc(NCc3ccc(F)cc3)cc2[nH]1. The first-order valence-electron chi connectivity index (χ1n) is 6.96. The summed E-state index contributed by atoms with van der Waals surface area (Å²) in [6.45, 7) is 3.51. The van der Waals surface area contributed by atoms with Crippen LogP contribution in [0.5, 0.6) is 0 Å². The van der Waals surface area contributed by atoms with Crippen LogP contribution in [0.3, 0.4) is 0 Å². The molecule has 4 nitrogen and oxygen atoms in total. The highest BCUT2D eigenvalue weighted by Gasteiger charge is 2.03. The van der Waals surface area contributed by atoms with E-state index in [0.717, 1.165) is 34.8 Å². The molecular weight excluding hydrogens is 267 g/mol. The lowest BCUT2D eigenvalue weighted by atomic mass is 10.2. The van der Waals surface area contributed by atoms with Crippen LogP contribution >= 0.6 is 0 Å². The van der Waals surface area contributed by atoms with Crippen molar-refractivity contribution in [3.05, 3.63) is 53.8 Å². The topological polar surface area (TPSA) is 52.7 Å². The summed E-state index contributed by atoms with van der Waals surface area (Å²) in [7, 11) is 0. The maximum absolute atomic E-state index is 12.9. The van der Waals surface area contributed by atoms with E-state index in [1.807, 2.05) is 25.1 Å². The van der Waals surface area contributed by atoms with Gasteiger partial charge in [0.05, 0.1) is 11.0 Å². The van der Waals surface area contributed by atoms with Crippen molar-refractivity contribution in [2.75, 3.05) is 17.2 Å². The summed E-state index contributed by atoms with van der Waals surface area (Å²) in [6, 6.07) is 12.5. The molecule has 108 valence electrons. The molecule has 21 heavy (non-hydrogen) atoms. The predicted octanol–water partition coefficient (Wildman–Crippen LogP) is 3.75. The van der Waals surface area contributed by atoms with Gasteiger partial charge in [-0.15, -0.1) is 0 Å². The minimum atomic E-state index is -0.214. The lowest BCUT2D eigenvalue weighted by molar-refractivity contribution is 0.627. The first-order chi connectivity index (χ1) is 10.2. The molecule has 3 rings (SSSR count). The summed E-state index contributed by atoms with van der Waals surface area (Å²) >= 11 is 0. The number of halogens is 1. The lowest BCUT2D eigenvalue weighted by Gasteiger charge is -2.06. The molecule has 0 fully saturated rings. The van der Waals surface area contributed by atoms with Gasteiger partial charge in [-0.2, -0.15) is 0 Å². The van der Waals surface area contributed by atoms with Crippen LogP contribution in [-0.2, 0) is 6.54 Å². The van der Waals surface area contributed by atoms with E-state index >= 15 is 0 Å². The van der Waals surface area contributed by atoms with E-state index in [-0.39, 0.29) is 5.82 Å². The highest BCUT2D eigenvalue weighted by Crippen LogP contribution is 2.19. The molecular formula is C16H17FN4. The van der Waals surface area contributed by atoms with Crippen molar-refractivity contribution in [2.45, 2.75) is 13.5 Å². The number of rotatable bonds is 5. The van der Waals surface area contributed by atoms with Crippen LogP contribution in [0.1, 0.15) is 12.5 Å². The van der Waals surface area contributed by atoms with Crippen LogP contribution in [0.25, 0.3) is 11.0 Å². The van der Waals surface area contributed by atoms with Gasteiger partial charge < -0.3 is 15.6 Å². The van der Waals surface area contributed by atoms with Crippen molar-refractivity contribution in [2.24, 2.45) is 0 Å². The minimum Gasteiger partial charge on any atom is -0.381 e. The molecule has 0 radical (unpaired) electrons. The first-order valence-corrected chi connectivity index (χ1v) is 6.96. The number of anilines is 2. The molecule has 0 spiro atoms. The molecule has 0 unspecified atom stereocenters. The van der Waals surface area contributed by atoms with Crippen LogP contribution < -0.4 is 10.6 Å². The quantitative estimate of drug-likeness (QED) is 0.669. The number of imidazole rings is 1. The standard InChI is InChI=1S/C16H17FN4/c1-2-18-16-20-14-8-7-13(9-15(14)21-16)19-10-11-3-5-12(17)6-4-11/h3-9,19H,2,10H2,1H3,(H2,18,20,21). The highest BCUT2D eigenvalue weighted by atomic mass is 19.1. The van der Waals surface area contributed by atoms with Crippen LogP contribution in [0.4, 0.5) is 16.0 Å². The highest BCUT2D eigenvalue weighted by molar-refractivity contribution is 5.81. The van der Waals surface area contributed by atoms with Gasteiger partial charge in [-0.1, -0.05) is 12.1 Å². The summed E-state index contributed by atoms with van der Waals surface area (Å²) in [5.41, 5.74) is 3.95. The maximum Gasteiger partial charge on any atom is 0.201 e. The van der Waals surface area contributed by atoms with Crippen molar-refractivity contribution >= 4 is 22.7 Å². The molecule has 3 N–H and O–H groups in total. The summed E-state index contributed by atoms with van der Waals surface area (Å²) in [6.07, 6.45) is 0. The summed E-state index contributed by atoms with van der Waals surface area (Å²) < 4.78 is 12.9. The fraction of sp³-hybridized carbons (Fsp3) is 0.188. The van der Waals surface area contributed by atoms with E-state index in [9.17, 15) is 4.39 Å². The van der Waals surface area contributed by atoms with E-state index < -0.39 is 0 Å². The third-order valence-electron chi connectivity index (χ3n) is 3.24. The van der Waals surface area contributed by atoms with Gasteiger partial charge in [0.25, 0.3) is 0 Å². The van der Waals surface area contributed by atoms with Crippen molar-refractivity contribution in [1.82, 2.24) is 9.97 Å². The maximum atomic E-state index is 12.9. The number of nitrogens with one attached hydrogen (secondary N) is 3. The number of aromatic nitrogens is 2. The van der Waals surface area contributed by atoms with Crippen LogP contribution in [0, 0.1) is 5.82 Å². The van der Waals surface area contributed by atoms with Gasteiger partial charge in [0.15, 0.2) is 0 Å². The summed E-state index contributed by atoms with van der Waals surface area (Å²) in [5, 5.41) is 6.48. The molecule has 0 aliphatic carbocycles. The lowest BCUT2D eigenvalue weighted by Crippen LogP contribution is -1.99. The second-order valence-electron chi connectivity index (χ2n) is 4.83. The normalized spacial score (nSPS) is 10.8. The van der Waals surface area contributed by atoms with Crippen molar-refractivity contribution in [3.8, 4) is 0 Å². The largest absolute Gasteiger partial charge is 0.381 e. The zero-order valence-electron chi connectivity index (χ0n) is 11.8. The third-order valence-corrected chi connectivity index (χ3v) is 3.24. The van der Waals surface area contributed by atoms with Crippen LogP contribution in [0.15, 0.2) is 42.5 Å². The number of hydrogen-bond acceptors (Lipinski definition) is 3. The van der Waals surface area contributed by atoms with Gasteiger partial charge in [0, 0.05) is 18.8 Å². The zero-order chi connectivity index (χ0) is 14.7. The van der Waals surface area contributed by atoms with E-state index in [1.54, 1.807) is 12.1 Å². The van der Waals surface area contributed by atoms with Crippen molar-refractivity contribution in [3.63, 3.8) is 0 Å². The average Bonchev–Trinajstić information content (AvgIpc) is 2.88. The molecule has 5 heteroatoms. The van der Waals surface area contributed by atoms with Gasteiger partial charge in [-0.3, -0.25) is 0 Å². The first kappa shape index (κ1) is 13.4. The molecule has 0 aliphatic heterocycles. The molecule has 2 aromatic carbocycles. The zero-order valence-corrected chi connectivity index (χ0v) is 11.8. The molecule has 1 aromatic heterocycles. The van der Waals surface area contributed by atoms with E-state index in [1.165, 1.54) is 12.1 Å². The van der Waals surface area contributed by atoms with Gasteiger partial charge >= 0.3 is 0 Å². The van der Waals surface area contributed by atoms with Crippen LogP contribution in [-0.4, -0.2) is 16.5 Å². The Balaban J connectivity index is 1.73. The summed E-state index contributed by atoms with van der Waals surface area (Å²) in [4.78, 5) is 7.67. The van der Waals surface area contributed by atoms with Gasteiger partial charge in [0.2, 0.25) is 5.95 Å². The number of H-pyrrole nitrogens is 1. The van der Waals surface area contributed by atoms with E-state index in [0.29, 0.717) is 6.54 Å². The third kappa shape index (κ3) is 3.13. The van der Waals surface area contributed by atoms with Gasteiger partial charge in [-0.05, 0) is 42.8 Å². The number of benzene rings is 2. The number of fused-ring (bicyclic) bond motifs is 1. The molecule has 0 saturated carbocycles. The predicted molar refractivity (Wildman–Crippen MR) is 84.0 cm³/mol. The number of hydrogen-bond donors (Lipinski definition) is 3. The Morgan fingerprint density at radius 2 is 1.90 bits per heavy atom. The Morgan fingerprint density at radius 1 is 1.10 bits per heavy atom. The van der Waals surface area contributed by atoms with Gasteiger partial charge in [-0.25, -0.2) is 9.37 Å². The fourth-order valence-electron chi connectivity index (χ4n) is 2.18. The number of nitrogens with zero attached hydrogens (tertiary/aromatic N) is 1. The smallest absolute Gasteiger partial charge is 0.201 e.